The Labute approximate surface area is 264 Å². The van der Waals surface area contributed by atoms with Gasteiger partial charge < -0.3 is 9.73 Å². The Morgan fingerprint density at radius 2 is 1.67 bits per heavy atom. The quantitative estimate of drug-likeness (QED) is 0.341. The summed E-state index contributed by atoms with van der Waals surface area (Å²) in [6, 6.07) is 17.2. The maximum atomic E-state index is 6.37. The van der Waals surface area contributed by atoms with Crippen LogP contribution in [0.1, 0.15) is 56.3 Å². The van der Waals surface area contributed by atoms with Gasteiger partial charge in [0.2, 0.25) is 0 Å². The van der Waals surface area contributed by atoms with E-state index in [-0.39, 0.29) is 18.0 Å². The second-order valence-corrected chi connectivity index (χ2v) is 12.9. The number of hydrogen-bond donors (Lipinski definition) is 1. The highest BCUT2D eigenvalue weighted by atomic mass is 16.3. The molecule has 0 radical (unpaired) electrons. The van der Waals surface area contributed by atoms with Crippen molar-refractivity contribution in [3.63, 3.8) is 0 Å². The third-order valence-electron chi connectivity index (χ3n) is 10.2. The van der Waals surface area contributed by atoms with E-state index in [0.29, 0.717) is 0 Å². The van der Waals surface area contributed by atoms with Crippen molar-refractivity contribution in [1.82, 2.24) is 5.32 Å². The SMILES string of the molecule is C1=CCCC(C2=NC(C3C=c4ccccc4=CC3)N=C(C3CC=C(C4=CCCc5oc6ccccc6c54)C4=C3C=CCC4)N2)=C1. The van der Waals surface area contributed by atoms with Gasteiger partial charge in [-0.3, -0.25) is 0 Å². The summed E-state index contributed by atoms with van der Waals surface area (Å²) in [5, 5.41) is 7.63. The zero-order valence-corrected chi connectivity index (χ0v) is 25.5. The third-order valence-corrected chi connectivity index (χ3v) is 10.2. The van der Waals surface area contributed by atoms with Crippen LogP contribution in [-0.2, 0) is 6.42 Å². The van der Waals surface area contributed by atoms with Gasteiger partial charge in [-0.1, -0.05) is 97.1 Å². The first-order valence-electron chi connectivity index (χ1n) is 16.7. The number of hydrogen-bond acceptors (Lipinski definition) is 4. The van der Waals surface area contributed by atoms with Gasteiger partial charge in [-0.05, 0) is 89.3 Å². The molecule has 0 spiro atoms. The normalized spacial score (nSPS) is 25.3. The minimum Gasteiger partial charge on any atom is -0.460 e. The van der Waals surface area contributed by atoms with Crippen LogP contribution in [0.3, 0.4) is 0 Å². The zero-order valence-electron chi connectivity index (χ0n) is 25.5. The first-order valence-corrected chi connectivity index (χ1v) is 16.7. The lowest BCUT2D eigenvalue weighted by Gasteiger charge is -2.35. The summed E-state index contributed by atoms with van der Waals surface area (Å²) in [5.41, 5.74) is 9.20. The molecule has 0 amide bonds. The monoisotopic (exact) mass is 587 g/mol. The Hall–Kier alpha value is -4.70. The number of aryl methyl sites for hydroxylation is 1. The lowest BCUT2D eigenvalue weighted by atomic mass is 9.73. The van der Waals surface area contributed by atoms with Crippen LogP contribution in [0.25, 0.3) is 28.7 Å². The lowest BCUT2D eigenvalue weighted by molar-refractivity contribution is 0.541. The number of furan rings is 1. The van der Waals surface area contributed by atoms with Crippen molar-refractivity contribution >= 4 is 40.4 Å². The molecule has 3 aromatic rings. The molecule has 3 unspecified atom stereocenters. The molecule has 4 heteroatoms. The van der Waals surface area contributed by atoms with E-state index in [1.165, 1.54) is 49.3 Å². The number of nitrogens with one attached hydrogen (secondary N) is 1. The molecule has 5 aliphatic carbocycles. The number of amidine groups is 2. The van der Waals surface area contributed by atoms with E-state index in [4.69, 9.17) is 14.4 Å². The van der Waals surface area contributed by atoms with Crippen molar-refractivity contribution in [2.24, 2.45) is 21.8 Å². The zero-order chi connectivity index (χ0) is 29.7. The molecule has 2 aromatic carbocycles. The van der Waals surface area contributed by atoms with Gasteiger partial charge in [0, 0.05) is 29.2 Å². The number of allylic oxidation sites excluding steroid dienone is 10. The molecule has 1 aromatic heterocycles. The van der Waals surface area contributed by atoms with E-state index >= 15 is 0 Å². The van der Waals surface area contributed by atoms with Gasteiger partial charge in [0.15, 0.2) is 6.17 Å². The van der Waals surface area contributed by atoms with Crippen LogP contribution in [0.5, 0.6) is 0 Å². The fourth-order valence-electron chi connectivity index (χ4n) is 8.02. The van der Waals surface area contributed by atoms with Crippen LogP contribution < -0.4 is 15.8 Å². The Morgan fingerprint density at radius 3 is 2.60 bits per heavy atom. The van der Waals surface area contributed by atoms with Gasteiger partial charge in [0.1, 0.15) is 23.0 Å². The Balaban J connectivity index is 1.11. The number of rotatable bonds is 4. The van der Waals surface area contributed by atoms with Crippen molar-refractivity contribution in [3.8, 4) is 0 Å². The minimum atomic E-state index is -0.143. The van der Waals surface area contributed by atoms with E-state index in [1.807, 2.05) is 0 Å². The van der Waals surface area contributed by atoms with Gasteiger partial charge in [-0.25, -0.2) is 9.98 Å². The first-order chi connectivity index (χ1) is 22.3. The van der Waals surface area contributed by atoms with Crippen LogP contribution in [0.15, 0.2) is 128 Å². The van der Waals surface area contributed by atoms with Gasteiger partial charge in [0.25, 0.3) is 0 Å². The number of fused-ring (bicyclic) bond motifs is 4. The maximum Gasteiger partial charge on any atom is 0.150 e. The van der Waals surface area contributed by atoms with Crippen LogP contribution in [0.2, 0.25) is 0 Å². The number of para-hydroxylation sites is 1. The number of nitrogens with zero attached hydrogens (tertiary/aromatic N) is 2. The molecule has 1 aliphatic heterocycles. The second kappa shape index (κ2) is 11.0. The standard InChI is InChI=1S/C41H37N3O/c1-2-12-27(13-3-1)39-42-40(29-22-21-26-11-4-5-14-28(26)25-29)44-41(43-39)34-24-23-32(30-15-6-7-16-31(30)34)33-18-10-20-37-38(33)35-17-8-9-19-36(35)45-37/h1-2,4-5,7-9,11-12,14,16-19,21,23,25,29,34,40H,3,6,10,13,15,20,22,24H2,(H,42,43,44). The summed E-state index contributed by atoms with van der Waals surface area (Å²) in [5.74, 6) is 3.61. The van der Waals surface area contributed by atoms with Crippen molar-refractivity contribution in [3.05, 3.63) is 135 Å². The molecule has 0 bridgehead atoms. The second-order valence-electron chi connectivity index (χ2n) is 12.9. The summed E-state index contributed by atoms with van der Waals surface area (Å²) in [7, 11) is 0. The molecular formula is C41H37N3O. The highest BCUT2D eigenvalue weighted by Crippen LogP contribution is 2.47. The highest BCUT2D eigenvalue weighted by molar-refractivity contribution is 6.12. The minimum absolute atomic E-state index is 0.143. The van der Waals surface area contributed by atoms with E-state index in [0.717, 1.165) is 74.4 Å². The molecule has 0 saturated heterocycles. The van der Waals surface area contributed by atoms with Crippen LogP contribution in [0, 0.1) is 11.8 Å². The summed E-state index contributed by atoms with van der Waals surface area (Å²) in [6.07, 6.45) is 29.0. The Morgan fingerprint density at radius 1 is 0.778 bits per heavy atom. The molecule has 0 fully saturated rings. The maximum absolute atomic E-state index is 6.37. The molecule has 222 valence electrons. The predicted octanol–water partition coefficient (Wildman–Crippen LogP) is 7.64. The summed E-state index contributed by atoms with van der Waals surface area (Å²) in [6.45, 7) is 0. The predicted molar refractivity (Wildman–Crippen MR) is 185 cm³/mol. The van der Waals surface area contributed by atoms with Crippen LogP contribution in [-0.4, -0.2) is 17.8 Å². The fraction of sp³-hybridized carbons (Fsp3) is 0.268. The largest absolute Gasteiger partial charge is 0.460 e. The average molecular weight is 588 g/mol. The number of aliphatic imine (C=N–C) groups is 2. The Bertz CT molecular complexity index is 2110. The summed E-state index contributed by atoms with van der Waals surface area (Å²) in [4.78, 5) is 10.7. The van der Waals surface area contributed by atoms with Crippen molar-refractivity contribution in [1.29, 1.82) is 0 Å². The molecule has 6 aliphatic rings. The summed E-state index contributed by atoms with van der Waals surface area (Å²) >= 11 is 0. The van der Waals surface area contributed by atoms with Gasteiger partial charge >= 0.3 is 0 Å². The van der Waals surface area contributed by atoms with Crippen LogP contribution >= 0.6 is 0 Å². The van der Waals surface area contributed by atoms with Crippen molar-refractivity contribution in [2.45, 2.75) is 57.5 Å². The van der Waals surface area contributed by atoms with Gasteiger partial charge in [0.05, 0.1) is 0 Å². The van der Waals surface area contributed by atoms with Gasteiger partial charge in [-0.15, -0.1) is 0 Å². The average Bonchev–Trinajstić information content (AvgIpc) is 3.50. The number of benzene rings is 2. The van der Waals surface area contributed by atoms with E-state index < -0.39 is 0 Å². The molecule has 4 nitrogen and oxygen atoms in total. The molecular weight excluding hydrogens is 550 g/mol. The molecule has 1 N–H and O–H groups in total. The van der Waals surface area contributed by atoms with Crippen molar-refractivity contribution < 1.29 is 4.42 Å². The fourth-order valence-corrected chi connectivity index (χ4v) is 8.02. The van der Waals surface area contributed by atoms with E-state index in [1.54, 1.807) is 0 Å². The highest BCUT2D eigenvalue weighted by Gasteiger charge is 2.35. The van der Waals surface area contributed by atoms with Gasteiger partial charge in [-0.2, -0.15) is 0 Å². The molecule has 9 rings (SSSR count). The van der Waals surface area contributed by atoms with Crippen LogP contribution in [0.4, 0.5) is 0 Å². The third kappa shape index (κ3) is 4.66. The molecule has 45 heavy (non-hydrogen) atoms. The molecule has 0 saturated carbocycles. The lowest BCUT2D eigenvalue weighted by Crippen LogP contribution is -2.44. The first kappa shape index (κ1) is 26.7. The topological polar surface area (TPSA) is 49.9 Å². The molecule has 2 heterocycles. The van der Waals surface area contributed by atoms with Crippen molar-refractivity contribution in [2.75, 3.05) is 0 Å². The molecule has 3 atom stereocenters. The van der Waals surface area contributed by atoms with E-state index in [9.17, 15) is 0 Å². The summed E-state index contributed by atoms with van der Waals surface area (Å²) < 4.78 is 6.37. The Kier molecular flexibility index (Phi) is 6.54. The smallest absolute Gasteiger partial charge is 0.150 e. The van der Waals surface area contributed by atoms with E-state index in [2.05, 4.69) is 109 Å².